The Morgan fingerprint density at radius 2 is 1.96 bits per heavy atom. The number of methoxy groups -OCH3 is 1. The van der Waals surface area contributed by atoms with Gasteiger partial charge in [-0.2, -0.15) is 5.10 Å². The minimum atomic E-state index is 0.855. The Morgan fingerprint density at radius 1 is 1.17 bits per heavy atom. The van der Waals surface area contributed by atoms with E-state index in [-0.39, 0.29) is 0 Å². The third-order valence-electron chi connectivity index (χ3n) is 4.31. The summed E-state index contributed by atoms with van der Waals surface area (Å²) in [6, 6.07) is 16.0. The molecule has 0 spiro atoms. The van der Waals surface area contributed by atoms with Crippen LogP contribution >= 0.6 is 11.6 Å². The van der Waals surface area contributed by atoms with Gasteiger partial charge in [0, 0.05) is 10.6 Å². The summed E-state index contributed by atoms with van der Waals surface area (Å²) in [4.78, 5) is 1.55. The molecule has 2 aromatic rings. The van der Waals surface area contributed by atoms with Gasteiger partial charge in [-0.3, -0.25) is 5.01 Å². The molecule has 0 radical (unpaired) electrons. The predicted octanol–water partition coefficient (Wildman–Crippen LogP) is 2.08. The van der Waals surface area contributed by atoms with Crippen molar-refractivity contribution in [1.29, 1.82) is 0 Å². The Balaban J connectivity index is 1.51. The molecule has 0 amide bonds. The Kier molecular flexibility index (Phi) is 5.72. The highest BCUT2D eigenvalue weighted by Crippen LogP contribution is 2.13. The lowest BCUT2D eigenvalue weighted by Crippen LogP contribution is -3.13. The molecule has 1 heterocycles. The molecule has 0 saturated carbocycles. The van der Waals surface area contributed by atoms with E-state index in [1.54, 1.807) is 12.0 Å². The zero-order chi connectivity index (χ0) is 16.8. The molecular formula is C19H23ClN3O+. The molecule has 5 heteroatoms. The second-order valence-electron chi connectivity index (χ2n) is 5.99. The molecule has 24 heavy (non-hydrogen) atoms. The minimum absolute atomic E-state index is 0.855. The van der Waals surface area contributed by atoms with Crippen LogP contribution in [0.25, 0.3) is 0 Å². The molecule has 0 aromatic heterocycles. The average molecular weight is 345 g/mol. The van der Waals surface area contributed by atoms with Crippen LogP contribution in [-0.2, 0) is 6.54 Å². The zero-order valence-corrected chi connectivity index (χ0v) is 14.7. The van der Waals surface area contributed by atoms with Crippen molar-refractivity contribution in [3.63, 3.8) is 0 Å². The molecule has 2 aromatic carbocycles. The summed E-state index contributed by atoms with van der Waals surface area (Å²) in [6.45, 7) is 5.04. The SMILES string of the molecule is COc1cccc(/C=N\N2CC[NH+](Cc3ccccc3Cl)CC2)c1. The van der Waals surface area contributed by atoms with Crippen LogP contribution in [0.5, 0.6) is 5.75 Å². The predicted molar refractivity (Wildman–Crippen MR) is 98.0 cm³/mol. The van der Waals surface area contributed by atoms with Crippen molar-refractivity contribution in [1.82, 2.24) is 5.01 Å². The maximum absolute atomic E-state index is 6.26. The Hall–Kier alpha value is -2.04. The monoisotopic (exact) mass is 344 g/mol. The number of piperazine rings is 1. The van der Waals surface area contributed by atoms with Gasteiger partial charge < -0.3 is 9.64 Å². The molecule has 0 bridgehead atoms. The highest BCUT2D eigenvalue weighted by molar-refractivity contribution is 6.31. The summed E-state index contributed by atoms with van der Waals surface area (Å²) in [5.74, 6) is 0.855. The third-order valence-corrected chi connectivity index (χ3v) is 4.68. The van der Waals surface area contributed by atoms with Crippen LogP contribution in [0.4, 0.5) is 0 Å². The summed E-state index contributed by atoms with van der Waals surface area (Å²) < 4.78 is 5.24. The van der Waals surface area contributed by atoms with E-state index in [1.165, 1.54) is 5.56 Å². The number of benzene rings is 2. The number of hydrazone groups is 1. The second kappa shape index (κ2) is 8.18. The number of halogens is 1. The van der Waals surface area contributed by atoms with Gasteiger partial charge in [0.05, 0.1) is 39.5 Å². The number of ether oxygens (including phenoxy) is 1. The Bertz CT molecular complexity index is 697. The maximum atomic E-state index is 6.26. The van der Waals surface area contributed by atoms with Crippen LogP contribution < -0.4 is 9.64 Å². The number of nitrogens with zero attached hydrogens (tertiary/aromatic N) is 2. The number of nitrogens with one attached hydrogen (secondary N) is 1. The first-order valence-electron chi connectivity index (χ1n) is 8.24. The summed E-state index contributed by atoms with van der Waals surface area (Å²) in [5, 5.41) is 7.60. The zero-order valence-electron chi connectivity index (χ0n) is 13.9. The van der Waals surface area contributed by atoms with Gasteiger partial charge in [0.25, 0.3) is 0 Å². The standard InChI is InChI=1S/C19H22ClN3O/c1-24-18-7-4-5-16(13-18)14-21-23-11-9-22(10-12-23)15-17-6-2-3-8-19(17)20/h2-8,13-14H,9-12,15H2,1H3/p+1/b21-14-. The van der Waals surface area contributed by atoms with Gasteiger partial charge in [-0.05, 0) is 23.8 Å². The molecule has 3 rings (SSSR count). The Labute approximate surface area is 148 Å². The van der Waals surface area contributed by atoms with Crippen molar-refractivity contribution in [3.8, 4) is 5.75 Å². The molecule has 1 aliphatic heterocycles. The first-order valence-corrected chi connectivity index (χ1v) is 8.62. The molecule has 0 atom stereocenters. The summed E-state index contributed by atoms with van der Waals surface area (Å²) in [7, 11) is 1.68. The fourth-order valence-electron chi connectivity index (χ4n) is 2.88. The molecule has 126 valence electrons. The lowest BCUT2D eigenvalue weighted by atomic mass is 10.2. The van der Waals surface area contributed by atoms with Crippen molar-refractivity contribution in [2.45, 2.75) is 6.54 Å². The molecule has 4 nitrogen and oxygen atoms in total. The van der Waals surface area contributed by atoms with Gasteiger partial charge in [-0.15, -0.1) is 0 Å². The summed E-state index contributed by atoms with van der Waals surface area (Å²) >= 11 is 6.26. The summed E-state index contributed by atoms with van der Waals surface area (Å²) in [5.41, 5.74) is 2.28. The van der Waals surface area contributed by atoms with Crippen molar-refractivity contribution in [2.75, 3.05) is 33.3 Å². The van der Waals surface area contributed by atoms with E-state index >= 15 is 0 Å². The van der Waals surface area contributed by atoms with E-state index in [1.807, 2.05) is 42.6 Å². The molecule has 1 aliphatic rings. The van der Waals surface area contributed by atoms with Gasteiger partial charge in [0.1, 0.15) is 12.3 Å². The average Bonchev–Trinajstić information content (AvgIpc) is 2.63. The molecule has 1 saturated heterocycles. The van der Waals surface area contributed by atoms with Crippen LogP contribution in [0, 0.1) is 0 Å². The van der Waals surface area contributed by atoms with Crippen molar-refractivity contribution in [2.24, 2.45) is 5.10 Å². The first kappa shape index (κ1) is 16.8. The largest absolute Gasteiger partial charge is 0.497 e. The number of quaternary nitrogens is 1. The Morgan fingerprint density at radius 3 is 2.71 bits per heavy atom. The van der Waals surface area contributed by atoms with E-state index in [2.05, 4.69) is 22.2 Å². The fourth-order valence-corrected chi connectivity index (χ4v) is 3.09. The molecule has 0 aliphatic carbocycles. The van der Waals surface area contributed by atoms with Crippen molar-refractivity contribution < 1.29 is 9.64 Å². The van der Waals surface area contributed by atoms with E-state index < -0.39 is 0 Å². The topological polar surface area (TPSA) is 29.3 Å². The van der Waals surface area contributed by atoms with Crippen LogP contribution in [0.3, 0.4) is 0 Å². The van der Waals surface area contributed by atoms with Crippen LogP contribution in [0.1, 0.15) is 11.1 Å². The van der Waals surface area contributed by atoms with Crippen molar-refractivity contribution >= 4 is 17.8 Å². The lowest BCUT2D eigenvalue weighted by Gasteiger charge is -2.30. The summed E-state index contributed by atoms with van der Waals surface area (Å²) in [6.07, 6.45) is 1.90. The normalized spacial score (nSPS) is 15.8. The van der Waals surface area contributed by atoms with E-state index in [0.717, 1.165) is 49.1 Å². The van der Waals surface area contributed by atoms with Crippen LogP contribution in [-0.4, -0.2) is 44.5 Å². The number of hydrogen-bond donors (Lipinski definition) is 1. The van der Waals surface area contributed by atoms with Gasteiger partial charge in [-0.1, -0.05) is 41.9 Å². The van der Waals surface area contributed by atoms with E-state index in [9.17, 15) is 0 Å². The van der Waals surface area contributed by atoms with E-state index in [4.69, 9.17) is 16.3 Å². The fraction of sp³-hybridized carbons (Fsp3) is 0.316. The molecule has 1 fully saturated rings. The lowest BCUT2D eigenvalue weighted by molar-refractivity contribution is -0.918. The van der Waals surface area contributed by atoms with Gasteiger partial charge in [-0.25, -0.2) is 0 Å². The number of rotatable bonds is 5. The quantitative estimate of drug-likeness (QED) is 0.842. The van der Waals surface area contributed by atoms with Crippen LogP contribution in [0.2, 0.25) is 5.02 Å². The van der Waals surface area contributed by atoms with Crippen molar-refractivity contribution in [3.05, 3.63) is 64.7 Å². The molecule has 1 N–H and O–H groups in total. The smallest absolute Gasteiger partial charge is 0.119 e. The highest BCUT2D eigenvalue weighted by Gasteiger charge is 2.19. The van der Waals surface area contributed by atoms with Gasteiger partial charge >= 0.3 is 0 Å². The van der Waals surface area contributed by atoms with E-state index in [0.29, 0.717) is 0 Å². The first-order chi connectivity index (χ1) is 11.7. The molecular weight excluding hydrogens is 322 g/mol. The second-order valence-corrected chi connectivity index (χ2v) is 6.40. The van der Waals surface area contributed by atoms with Gasteiger partial charge in [0.2, 0.25) is 0 Å². The highest BCUT2D eigenvalue weighted by atomic mass is 35.5. The maximum Gasteiger partial charge on any atom is 0.119 e. The van der Waals surface area contributed by atoms with Gasteiger partial charge in [0.15, 0.2) is 0 Å². The third kappa shape index (κ3) is 4.49. The molecule has 0 unspecified atom stereocenters. The minimum Gasteiger partial charge on any atom is -0.497 e. The van der Waals surface area contributed by atoms with Crippen LogP contribution in [0.15, 0.2) is 53.6 Å². The number of hydrogen-bond acceptors (Lipinski definition) is 3.